The van der Waals surface area contributed by atoms with Crippen molar-refractivity contribution in [3.8, 4) is 5.75 Å². The molecule has 1 saturated heterocycles. The van der Waals surface area contributed by atoms with Crippen LogP contribution in [-0.4, -0.2) is 26.1 Å². The van der Waals surface area contributed by atoms with Crippen molar-refractivity contribution in [1.29, 1.82) is 0 Å². The summed E-state index contributed by atoms with van der Waals surface area (Å²) in [7, 11) is 1.62. The van der Waals surface area contributed by atoms with Gasteiger partial charge in [0.2, 0.25) is 0 Å². The van der Waals surface area contributed by atoms with Gasteiger partial charge in [0.1, 0.15) is 18.1 Å². The van der Waals surface area contributed by atoms with Gasteiger partial charge in [0, 0.05) is 11.0 Å². The quantitative estimate of drug-likeness (QED) is 0.772. The molecule has 0 saturated carbocycles. The van der Waals surface area contributed by atoms with Gasteiger partial charge in [-0.1, -0.05) is 26.0 Å². The molecule has 1 fully saturated rings. The SMILES string of the molecule is COc1ccc([C@@H]2OCC(C)(C)[C@@H](C=O)O2)cc1. The number of ether oxygens (including phenoxy) is 3. The van der Waals surface area contributed by atoms with Crippen LogP contribution < -0.4 is 4.74 Å². The first-order valence-electron chi connectivity index (χ1n) is 5.93. The first-order valence-corrected chi connectivity index (χ1v) is 5.93. The molecule has 0 bridgehead atoms. The van der Waals surface area contributed by atoms with Gasteiger partial charge in [-0.3, -0.25) is 0 Å². The molecule has 0 unspecified atom stereocenters. The van der Waals surface area contributed by atoms with Gasteiger partial charge in [0.15, 0.2) is 6.29 Å². The zero-order valence-electron chi connectivity index (χ0n) is 10.9. The van der Waals surface area contributed by atoms with E-state index in [1.165, 1.54) is 0 Å². The minimum absolute atomic E-state index is 0.287. The van der Waals surface area contributed by atoms with Crippen molar-refractivity contribution in [3.05, 3.63) is 29.8 Å². The molecule has 2 rings (SSSR count). The zero-order chi connectivity index (χ0) is 13.2. The van der Waals surface area contributed by atoms with Gasteiger partial charge < -0.3 is 19.0 Å². The Balaban J connectivity index is 2.12. The average molecular weight is 250 g/mol. The van der Waals surface area contributed by atoms with E-state index >= 15 is 0 Å². The lowest BCUT2D eigenvalue weighted by Gasteiger charge is -2.39. The lowest BCUT2D eigenvalue weighted by molar-refractivity contribution is -0.253. The number of hydrogen-bond donors (Lipinski definition) is 0. The van der Waals surface area contributed by atoms with Crippen LogP contribution >= 0.6 is 0 Å². The third kappa shape index (κ3) is 2.54. The number of methoxy groups -OCH3 is 1. The fraction of sp³-hybridized carbons (Fsp3) is 0.500. The molecular weight excluding hydrogens is 232 g/mol. The average Bonchev–Trinajstić information content (AvgIpc) is 2.39. The normalized spacial score (nSPS) is 26.6. The number of carbonyl (C=O) groups is 1. The molecule has 4 heteroatoms. The summed E-state index contributed by atoms with van der Waals surface area (Å²) in [6, 6.07) is 7.45. The fourth-order valence-corrected chi connectivity index (χ4v) is 1.88. The maximum Gasteiger partial charge on any atom is 0.184 e. The summed E-state index contributed by atoms with van der Waals surface area (Å²) >= 11 is 0. The second kappa shape index (κ2) is 5.08. The molecule has 1 aromatic rings. The monoisotopic (exact) mass is 250 g/mol. The van der Waals surface area contributed by atoms with Crippen molar-refractivity contribution in [2.45, 2.75) is 26.2 Å². The summed E-state index contributed by atoms with van der Waals surface area (Å²) in [4.78, 5) is 11.1. The van der Waals surface area contributed by atoms with Gasteiger partial charge in [0.05, 0.1) is 13.7 Å². The van der Waals surface area contributed by atoms with E-state index in [4.69, 9.17) is 14.2 Å². The van der Waals surface area contributed by atoms with Gasteiger partial charge in [0.25, 0.3) is 0 Å². The topological polar surface area (TPSA) is 44.8 Å². The molecule has 0 aliphatic carbocycles. The van der Waals surface area contributed by atoms with E-state index in [1.54, 1.807) is 7.11 Å². The van der Waals surface area contributed by atoms with Crippen LogP contribution in [0.25, 0.3) is 0 Å². The van der Waals surface area contributed by atoms with E-state index in [2.05, 4.69) is 0 Å². The van der Waals surface area contributed by atoms with Crippen LogP contribution in [0.15, 0.2) is 24.3 Å². The van der Waals surface area contributed by atoms with Crippen molar-refractivity contribution in [3.63, 3.8) is 0 Å². The van der Waals surface area contributed by atoms with Crippen LogP contribution in [0, 0.1) is 5.41 Å². The molecule has 1 heterocycles. The van der Waals surface area contributed by atoms with E-state index < -0.39 is 12.4 Å². The smallest absolute Gasteiger partial charge is 0.184 e. The Morgan fingerprint density at radius 1 is 1.33 bits per heavy atom. The Labute approximate surface area is 107 Å². The summed E-state index contributed by atoms with van der Waals surface area (Å²) in [5.41, 5.74) is 0.600. The largest absolute Gasteiger partial charge is 0.497 e. The number of aldehydes is 1. The number of benzene rings is 1. The van der Waals surface area contributed by atoms with E-state index in [0.29, 0.717) is 6.61 Å². The van der Waals surface area contributed by atoms with Crippen molar-refractivity contribution < 1.29 is 19.0 Å². The standard InChI is InChI=1S/C14H18O4/c1-14(2)9-17-13(18-12(14)8-15)10-4-6-11(16-3)7-5-10/h4-8,12-13H,9H2,1-3H3/t12-,13-/m1/s1. The summed E-state index contributed by atoms with van der Waals surface area (Å²) in [6.07, 6.45) is -0.0866. The highest BCUT2D eigenvalue weighted by molar-refractivity contribution is 5.57. The number of carbonyl (C=O) groups excluding carboxylic acids is 1. The maximum atomic E-state index is 11.1. The number of rotatable bonds is 3. The van der Waals surface area contributed by atoms with Gasteiger partial charge in [-0.2, -0.15) is 0 Å². The Morgan fingerprint density at radius 3 is 2.56 bits per heavy atom. The molecule has 2 atom stereocenters. The Kier molecular flexibility index (Phi) is 3.68. The lowest BCUT2D eigenvalue weighted by atomic mass is 9.87. The predicted octanol–water partition coefficient (Wildman–Crippen LogP) is 2.33. The van der Waals surface area contributed by atoms with Crippen molar-refractivity contribution in [2.75, 3.05) is 13.7 Å². The Hall–Kier alpha value is -1.39. The van der Waals surface area contributed by atoms with E-state index in [0.717, 1.165) is 17.6 Å². The molecule has 1 aromatic carbocycles. The second-order valence-corrected chi connectivity index (χ2v) is 5.10. The summed E-state index contributed by atoms with van der Waals surface area (Å²) in [5, 5.41) is 0. The molecule has 98 valence electrons. The molecular formula is C14H18O4. The third-order valence-corrected chi connectivity index (χ3v) is 3.16. The highest BCUT2D eigenvalue weighted by Gasteiger charge is 2.38. The molecule has 0 N–H and O–H groups in total. The van der Waals surface area contributed by atoms with Crippen molar-refractivity contribution in [1.82, 2.24) is 0 Å². The van der Waals surface area contributed by atoms with E-state index in [-0.39, 0.29) is 5.41 Å². The Bertz CT molecular complexity index is 410. The molecule has 0 spiro atoms. The minimum atomic E-state index is -0.487. The minimum Gasteiger partial charge on any atom is -0.497 e. The molecule has 1 aliphatic rings. The van der Waals surface area contributed by atoms with E-state index in [9.17, 15) is 4.79 Å². The predicted molar refractivity (Wildman–Crippen MR) is 66.4 cm³/mol. The zero-order valence-corrected chi connectivity index (χ0v) is 10.9. The highest BCUT2D eigenvalue weighted by atomic mass is 16.7. The van der Waals surface area contributed by atoms with Gasteiger partial charge >= 0.3 is 0 Å². The summed E-state index contributed by atoms with van der Waals surface area (Å²) in [5.74, 6) is 0.779. The van der Waals surface area contributed by atoms with E-state index in [1.807, 2.05) is 38.1 Å². The van der Waals surface area contributed by atoms with Crippen LogP contribution in [0.1, 0.15) is 25.7 Å². The molecule has 0 radical (unpaired) electrons. The summed E-state index contributed by atoms with van der Waals surface area (Å²) in [6.45, 7) is 4.40. The van der Waals surface area contributed by atoms with Crippen LogP contribution in [0.5, 0.6) is 5.75 Å². The van der Waals surface area contributed by atoms with Crippen molar-refractivity contribution >= 4 is 6.29 Å². The Morgan fingerprint density at radius 2 is 2.00 bits per heavy atom. The van der Waals surface area contributed by atoms with Crippen LogP contribution in [0.2, 0.25) is 0 Å². The molecule has 0 amide bonds. The van der Waals surface area contributed by atoms with Crippen molar-refractivity contribution in [2.24, 2.45) is 5.41 Å². The molecule has 1 aliphatic heterocycles. The number of hydrogen-bond acceptors (Lipinski definition) is 4. The molecule has 4 nitrogen and oxygen atoms in total. The first-order chi connectivity index (χ1) is 8.56. The first kappa shape index (κ1) is 13.1. The fourth-order valence-electron chi connectivity index (χ4n) is 1.88. The molecule has 18 heavy (non-hydrogen) atoms. The second-order valence-electron chi connectivity index (χ2n) is 5.10. The highest BCUT2D eigenvalue weighted by Crippen LogP contribution is 2.35. The maximum absolute atomic E-state index is 11.1. The van der Waals surface area contributed by atoms with Crippen LogP contribution in [0.3, 0.4) is 0 Å². The molecule has 0 aromatic heterocycles. The lowest BCUT2D eigenvalue weighted by Crippen LogP contribution is -2.43. The van der Waals surface area contributed by atoms with Crippen LogP contribution in [-0.2, 0) is 14.3 Å². The van der Waals surface area contributed by atoms with Gasteiger partial charge in [-0.05, 0) is 12.1 Å². The third-order valence-electron chi connectivity index (χ3n) is 3.16. The summed E-state index contributed by atoms with van der Waals surface area (Å²) < 4.78 is 16.4. The van der Waals surface area contributed by atoms with Crippen LogP contribution in [0.4, 0.5) is 0 Å². The van der Waals surface area contributed by atoms with Gasteiger partial charge in [-0.15, -0.1) is 0 Å². The van der Waals surface area contributed by atoms with Gasteiger partial charge in [-0.25, -0.2) is 0 Å².